The second-order valence-corrected chi connectivity index (χ2v) is 5.31. The SMILES string of the molecule is CCCC(C)(CC)P(=O)(O)O. The maximum atomic E-state index is 11.0. The molecule has 1 atom stereocenters. The maximum Gasteiger partial charge on any atom is 0.331 e. The van der Waals surface area contributed by atoms with Gasteiger partial charge >= 0.3 is 7.60 Å². The van der Waals surface area contributed by atoms with Crippen LogP contribution in [0.1, 0.15) is 40.0 Å². The van der Waals surface area contributed by atoms with Crippen LogP contribution in [-0.4, -0.2) is 14.9 Å². The first kappa shape index (κ1) is 11.2. The van der Waals surface area contributed by atoms with E-state index >= 15 is 0 Å². The molecule has 1 unspecified atom stereocenters. The molecule has 0 aliphatic heterocycles. The fourth-order valence-corrected chi connectivity index (χ4v) is 1.99. The van der Waals surface area contributed by atoms with Gasteiger partial charge in [-0.1, -0.05) is 20.3 Å². The Balaban J connectivity index is 4.47. The van der Waals surface area contributed by atoms with Crippen molar-refractivity contribution in [3.8, 4) is 0 Å². The molecule has 0 aliphatic carbocycles. The summed E-state index contributed by atoms with van der Waals surface area (Å²) in [6, 6.07) is 0. The van der Waals surface area contributed by atoms with Crippen LogP contribution in [0.25, 0.3) is 0 Å². The molecule has 0 rings (SSSR count). The minimum absolute atomic E-state index is 0.533. The molecule has 0 aromatic heterocycles. The molecule has 11 heavy (non-hydrogen) atoms. The van der Waals surface area contributed by atoms with E-state index in [0.29, 0.717) is 12.8 Å². The zero-order chi connectivity index (χ0) is 9.12. The smallest absolute Gasteiger partial charge is 0.324 e. The first-order valence-corrected chi connectivity index (χ1v) is 5.54. The summed E-state index contributed by atoms with van der Waals surface area (Å²) in [4.78, 5) is 18.0. The largest absolute Gasteiger partial charge is 0.331 e. The molecule has 0 saturated heterocycles. The average Bonchev–Trinajstić information content (AvgIpc) is 1.86. The Bertz CT molecular complexity index is 163. The summed E-state index contributed by atoms with van der Waals surface area (Å²) < 4.78 is 11.0. The van der Waals surface area contributed by atoms with Crippen molar-refractivity contribution in [1.82, 2.24) is 0 Å². The van der Waals surface area contributed by atoms with E-state index in [2.05, 4.69) is 0 Å². The topological polar surface area (TPSA) is 57.5 Å². The van der Waals surface area contributed by atoms with E-state index in [0.717, 1.165) is 6.42 Å². The van der Waals surface area contributed by atoms with Crippen LogP contribution in [0.5, 0.6) is 0 Å². The Morgan fingerprint density at radius 1 is 1.36 bits per heavy atom. The van der Waals surface area contributed by atoms with Crippen molar-refractivity contribution in [2.45, 2.75) is 45.2 Å². The molecule has 3 nitrogen and oxygen atoms in total. The summed E-state index contributed by atoms with van der Waals surface area (Å²) in [5, 5.41) is -0.804. The lowest BCUT2D eigenvalue weighted by atomic mass is 10.0. The van der Waals surface area contributed by atoms with Crippen molar-refractivity contribution in [2.75, 3.05) is 0 Å². The number of hydrogen-bond acceptors (Lipinski definition) is 1. The Hall–Kier alpha value is 0.150. The van der Waals surface area contributed by atoms with Crippen LogP contribution in [0.3, 0.4) is 0 Å². The predicted molar refractivity (Wildman–Crippen MR) is 45.6 cm³/mol. The number of hydrogen-bond donors (Lipinski definition) is 2. The van der Waals surface area contributed by atoms with Gasteiger partial charge in [0, 0.05) is 0 Å². The summed E-state index contributed by atoms with van der Waals surface area (Å²) in [6.45, 7) is 5.40. The number of rotatable bonds is 4. The molecule has 0 spiro atoms. The van der Waals surface area contributed by atoms with Crippen LogP contribution in [-0.2, 0) is 4.57 Å². The molecule has 0 aromatic rings. The van der Waals surface area contributed by atoms with Crippen LogP contribution in [0, 0.1) is 0 Å². The van der Waals surface area contributed by atoms with E-state index < -0.39 is 12.8 Å². The Kier molecular flexibility index (Phi) is 3.75. The third-order valence-electron chi connectivity index (χ3n) is 2.25. The lowest BCUT2D eigenvalue weighted by Crippen LogP contribution is -2.23. The Morgan fingerprint density at radius 3 is 1.91 bits per heavy atom. The molecule has 2 N–H and O–H groups in total. The molecule has 0 heterocycles. The molecular weight excluding hydrogens is 163 g/mol. The summed E-state index contributed by atoms with van der Waals surface area (Å²) in [7, 11) is -3.90. The van der Waals surface area contributed by atoms with Crippen LogP contribution in [0.15, 0.2) is 0 Å². The van der Waals surface area contributed by atoms with Crippen molar-refractivity contribution in [3.63, 3.8) is 0 Å². The van der Waals surface area contributed by atoms with Gasteiger partial charge in [0.05, 0.1) is 5.16 Å². The highest BCUT2D eigenvalue weighted by Crippen LogP contribution is 2.54. The molecule has 0 saturated carbocycles. The molecule has 0 fully saturated rings. The van der Waals surface area contributed by atoms with Gasteiger partial charge in [-0.05, 0) is 19.8 Å². The fourth-order valence-electron chi connectivity index (χ4n) is 1.07. The normalized spacial score (nSPS) is 17.9. The molecule has 68 valence electrons. The van der Waals surface area contributed by atoms with E-state index in [1.807, 2.05) is 13.8 Å². The van der Waals surface area contributed by atoms with Crippen LogP contribution in [0.4, 0.5) is 0 Å². The van der Waals surface area contributed by atoms with Crippen LogP contribution >= 0.6 is 7.60 Å². The molecule has 0 aromatic carbocycles. The van der Waals surface area contributed by atoms with Gasteiger partial charge in [0.2, 0.25) is 0 Å². The first-order chi connectivity index (χ1) is 4.87. The lowest BCUT2D eigenvalue weighted by molar-refractivity contribution is 0.317. The highest BCUT2D eigenvalue weighted by Gasteiger charge is 2.39. The second kappa shape index (κ2) is 3.70. The predicted octanol–water partition coefficient (Wildman–Crippen LogP) is 2.13. The third kappa shape index (κ3) is 2.58. The standard InChI is InChI=1S/C7H17O3P/c1-4-6-7(3,5-2)11(8,9)10/h4-6H2,1-3H3,(H2,8,9,10). The van der Waals surface area contributed by atoms with Gasteiger partial charge in [0.25, 0.3) is 0 Å². The second-order valence-electron chi connectivity index (χ2n) is 3.14. The molecule has 4 heteroatoms. The third-order valence-corrected chi connectivity index (χ3v) is 4.20. The summed E-state index contributed by atoms with van der Waals surface area (Å²) in [5.74, 6) is 0. The maximum absolute atomic E-state index is 11.0. The van der Waals surface area contributed by atoms with E-state index in [1.165, 1.54) is 0 Å². The van der Waals surface area contributed by atoms with Crippen molar-refractivity contribution in [3.05, 3.63) is 0 Å². The van der Waals surface area contributed by atoms with Gasteiger partial charge in [0.1, 0.15) is 0 Å². The van der Waals surface area contributed by atoms with Gasteiger partial charge in [-0.3, -0.25) is 4.57 Å². The lowest BCUT2D eigenvalue weighted by Gasteiger charge is -2.28. The summed E-state index contributed by atoms with van der Waals surface area (Å²) in [6.07, 6.45) is 1.94. The van der Waals surface area contributed by atoms with Gasteiger partial charge in [0.15, 0.2) is 0 Å². The van der Waals surface area contributed by atoms with E-state index in [4.69, 9.17) is 9.79 Å². The zero-order valence-corrected chi connectivity index (χ0v) is 8.27. The van der Waals surface area contributed by atoms with Crippen molar-refractivity contribution < 1.29 is 14.4 Å². The minimum Gasteiger partial charge on any atom is -0.324 e. The van der Waals surface area contributed by atoms with E-state index in [1.54, 1.807) is 6.92 Å². The Labute approximate surface area is 68.0 Å². The first-order valence-electron chi connectivity index (χ1n) is 3.93. The van der Waals surface area contributed by atoms with Crippen LogP contribution in [0.2, 0.25) is 0 Å². The van der Waals surface area contributed by atoms with E-state index in [-0.39, 0.29) is 0 Å². The molecular formula is C7H17O3P. The van der Waals surface area contributed by atoms with Gasteiger partial charge in [-0.2, -0.15) is 0 Å². The quantitative estimate of drug-likeness (QED) is 0.651. The average molecular weight is 180 g/mol. The van der Waals surface area contributed by atoms with Gasteiger partial charge < -0.3 is 9.79 Å². The summed E-state index contributed by atoms with van der Waals surface area (Å²) >= 11 is 0. The molecule has 0 aliphatic rings. The van der Waals surface area contributed by atoms with Gasteiger partial charge in [-0.25, -0.2) is 0 Å². The van der Waals surface area contributed by atoms with Crippen molar-refractivity contribution >= 4 is 7.60 Å². The summed E-state index contributed by atoms with van der Waals surface area (Å²) in [5.41, 5.74) is 0. The van der Waals surface area contributed by atoms with Gasteiger partial charge in [-0.15, -0.1) is 0 Å². The molecule has 0 bridgehead atoms. The highest BCUT2D eigenvalue weighted by atomic mass is 31.2. The minimum atomic E-state index is -3.90. The van der Waals surface area contributed by atoms with E-state index in [9.17, 15) is 4.57 Å². The monoisotopic (exact) mass is 180 g/mol. The van der Waals surface area contributed by atoms with Crippen molar-refractivity contribution in [1.29, 1.82) is 0 Å². The highest BCUT2D eigenvalue weighted by molar-refractivity contribution is 7.53. The van der Waals surface area contributed by atoms with Crippen LogP contribution < -0.4 is 0 Å². The Morgan fingerprint density at radius 2 is 1.82 bits per heavy atom. The zero-order valence-electron chi connectivity index (χ0n) is 7.37. The molecule has 0 radical (unpaired) electrons. The van der Waals surface area contributed by atoms with Crippen molar-refractivity contribution in [2.24, 2.45) is 0 Å². The molecule has 0 amide bonds. The fraction of sp³-hybridized carbons (Fsp3) is 1.00.